The first kappa shape index (κ1) is 17.5. The smallest absolute Gasteiger partial charge is 0.187 e. The van der Waals surface area contributed by atoms with Gasteiger partial charge in [-0.05, 0) is 44.2 Å². The number of anilines is 2. The highest BCUT2D eigenvalue weighted by Gasteiger charge is 2.13. The van der Waals surface area contributed by atoms with E-state index in [1.807, 2.05) is 24.3 Å². The topological polar surface area (TPSA) is 48.3 Å². The molecule has 2 aromatic heterocycles. The van der Waals surface area contributed by atoms with Gasteiger partial charge in [0.15, 0.2) is 5.13 Å². The minimum Gasteiger partial charge on any atom is -0.497 e. The number of aryl methyl sites for hydroxylation is 1. The summed E-state index contributed by atoms with van der Waals surface area (Å²) in [5.41, 5.74) is 5.61. The van der Waals surface area contributed by atoms with Gasteiger partial charge in [-0.2, -0.15) is 0 Å². The molecular formula is C19H23N3O2S. The number of ether oxygens (including phenoxy) is 2. The molecule has 25 heavy (non-hydrogen) atoms. The van der Waals surface area contributed by atoms with E-state index in [1.165, 1.54) is 17.0 Å². The molecule has 0 bridgehead atoms. The van der Waals surface area contributed by atoms with E-state index in [4.69, 9.17) is 14.5 Å². The van der Waals surface area contributed by atoms with Crippen molar-refractivity contribution in [1.29, 1.82) is 0 Å². The van der Waals surface area contributed by atoms with E-state index in [0.29, 0.717) is 6.61 Å². The molecule has 0 fully saturated rings. The second-order valence-electron chi connectivity index (χ2n) is 5.82. The van der Waals surface area contributed by atoms with Crippen molar-refractivity contribution < 1.29 is 9.47 Å². The van der Waals surface area contributed by atoms with E-state index < -0.39 is 0 Å². The summed E-state index contributed by atoms with van der Waals surface area (Å²) in [4.78, 5) is 4.75. The zero-order chi connectivity index (χ0) is 17.8. The molecule has 5 nitrogen and oxygen atoms in total. The molecule has 6 heteroatoms. The number of aromatic nitrogens is 2. The van der Waals surface area contributed by atoms with Crippen LogP contribution in [-0.4, -0.2) is 30.4 Å². The molecule has 0 saturated heterocycles. The van der Waals surface area contributed by atoms with Crippen LogP contribution in [0.5, 0.6) is 5.75 Å². The van der Waals surface area contributed by atoms with Crippen LogP contribution >= 0.6 is 11.3 Å². The van der Waals surface area contributed by atoms with Crippen LogP contribution in [0.2, 0.25) is 0 Å². The van der Waals surface area contributed by atoms with Gasteiger partial charge in [-0.15, -0.1) is 11.3 Å². The summed E-state index contributed by atoms with van der Waals surface area (Å²) >= 11 is 1.60. The molecule has 0 radical (unpaired) electrons. The average Bonchev–Trinajstić information content (AvgIpc) is 3.18. The van der Waals surface area contributed by atoms with Crippen LogP contribution in [-0.2, 0) is 11.3 Å². The largest absolute Gasteiger partial charge is 0.497 e. The SMILES string of the molecule is COCCn1c(C)cc(-c2csc(Nc3ccc(OC)cc3)n2)c1C. The maximum Gasteiger partial charge on any atom is 0.187 e. The first-order valence-corrected chi connectivity index (χ1v) is 9.03. The Morgan fingerprint density at radius 2 is 1.92 bits per heavy atom. The summed E-state index contributed by atoms with van der Waals surface area (Å²) in [6, 6.07) is 10.0. The summed E-state index contributed by atoms with van der Waals surface area (Å²) in [6.07, 6.45) is 0. The third-order valence-electron chi connectivity index (χ3n) is 4.21. The van der Waals surface area contributed by atoms with Crippen LogP contribution in [0.25, 0.3) is 11.3 Å². The Balaban J connectivity index is 1.79. The molecule has 0 aliphatic rings. The van der Waals surface area contributed by atoms with E-state index in [-0.39, 0.29) is 0 Å². The molecule has 2 heterocycles. The number of benzene rings is 1. The minimum absolute atomic E-state index is 0.705. The predicted octanol–water partition coefficient (Wildman–Crippen LogP) is 4.63. The standard InChI is InChI=1S/C19H23N3O2S/c1-13-11-17(14(2)22(13)9-10-23-3)18-12-25-19(21-18)20-15-5-7-16(24-4)8-6-15/h5-8,11-12H,9-10H2,1-4H3,(H,20,21). The van der Waals surface area contributed by atoms with E-state index in [0.717, 1.165) is 28.8 Å². The van der Waals surface area contributed by atoms with Crippen molar-refractivity contribution in [3.05, 3.63) is 47.1 Å². The Morgan fingerprint density at radius 1 is 1.16 bits per heavy atom. The fourth-order valence-corrected chi connectivity index (χ4v) is 3.57. The van der Waals surface area contributed by atoms with Crippen molar-refractivity contribution in [1.82, 2.24) is 9.55 Å². The average molecular weight is 357 g/mol. The number of hydrogen-bond donors (Lipinski definition) is 1. The van der Waals surface area contributed by atoms with Crippen molar-refractivity contribution in [3.63, 3.8) is 0 Å². The van der Waals surface area contributed by atoms with Gasteiger partial charge in [0.25, 0.3) is 0 Å². The minimum atomic E-state index is 0.705. The maximum absolute atomic E-state index is 5.20. The lowest BCUT2D eigenvalue weighted by molar-refractivity contribution is 0.186. The predicted molar refractivity (Wildman–Crippen MR) is 103 cm³/mol. The molecule has 1 N–H and O–H groups in total. The quantitative estimate of drug-likeness (QED) is 0.670. The number of nitrogens with zero attached hydrogens (tertiary/aromatic N) is 2. The molecular weight excluding hydrogens is 334 g/mol. The lowest BCUT2D eigenvalue weighted by Gasteiger charge is -2.08. The van der Waals surface area contributed by atoms with E-state index in [9.17, 15) is 0 Å². The molecule has 0 spiro atoms. The monoisotopic (exact) mass is 357 g/mol. The summed E-state index contributed by atoms with van der Waals surface area (Å²) in [7, 11) is 3.39. The Kier molecular flexibility index (Phi) is 5.40. The van der Waals surface area contributed by atoms with Crippen molar-refractivity contribution in [3.8, 4) is 17.0 Å². The van der Waals surface area contributed by atoms with Crippen LogP contribution in [0.15, 0.2) is 35.7 Å². The number of methoxy groups -OCH3 is 2. The molecule has 0 saturated carbocycles. The van der Waals surface area contributed by atoms with Crippen molar-refractivity contribution in [2.45, 2.75) is 20.4 Å². The molecule has 0 aliphatic carbocycles. The van der Waals surface area contributed by atoms with E-state index in [1.54, 1.807) is 25.6 Å². The molecule has 1 aromatic carbocycles. The zero-order valence-corrected chi connectivity index (χ0v) is 15.8. The Labute approximate surface area is 152 Å². The molecule has 0 aliphatic heterocycles. The highest BCUT2D eigenvalue weighted by atomic mass is 32.1. The second-order valence-corrected chi connectivity index (χ2v) is 6.68. The van der Waals surface area contributed by atoms with Crippen molar-refractivity contribution >= 4 is 22.2 Å². The number of hydrogen-bond acceptors (Lipinski definition) is 5. The Bertz CT molecular complexity index is 837. The molecule has 0 amide bonds. The van der Waals surface area contributed by atoms with Crippen LogP contribution in [0.1, 0.15) is 11.4 Å². The highest BCUT2D eigenvalue weighted by Crippen LogP contribution is 2.31. The highest BCUT2D eigenvalue weighted by molar-refractivity contribution is 7.14. The van der Waals surface area contributed by atoms with Crippen LogP contribution < -0.4 is 10.1 Å². The van der Waals surface area contributed by atoms with Crippen LogP contribution in [0, 0.1) is 13.8 Å². The summed E-state index contributed by atoms with van der Waals surface area (Å²) in [5.74, 6) is 0.842. The van der Waals surface area contributed by atoms with Gasteiger partial charge in [0.2, 0.25) is 0 Å². The first-order chi connectivity index (χ1) is 12.1. The lowest BCUT2D eigenvalue weighted by Crippen LogP contribution is -2.07. The van der Waals surface area contributed by atoms with Crippen molar-refractivity contribution in [2.75, 3.05) is 26.1 Å². The molecule has 3 aromatic rings. The number of nitrogens with one attached hydrogen (secondary N) is 1. The fourth-order valence-electron chi connectivity index (χ4n) is 2.84. The van der Waals surface area contributed by atoms with Gasteiger partial charge in [0, 0.05) is 41.7 Å². The molecule has 132 valence electrons. The Morgan fingerprint density at radius 3 is 2.60 bits per heavy atom. The molecule has 3 rings (SSSR count). The van der Waals surface area contributed by atoms with Gasteiger partial charge >= 0.3 is 0 Å². The van der Waals surface area contributed by atoms with Crippen molar-refractivity contribution in [2.24, 2.45) is 0 Å². The Hall–Kier alpha value is -2.31. The fraction of sp³-hybridized carbons (Fsp3) is 0.316. The van der Waals surface area contributed by atoms with Crippen LogP contribution in [0.4, 0.5) is 10.8 Å². The lowest BCUT2D eigenvalue weighted by atomic mass is 10.2. The third-order valence-corrected chi connectivity index (χ3v) is 4.97. The number of thiazole rings is 1. The van der Waals surface area contributed by atoms with Gasteiger partial charge in [-0.3, -0.25) is 0 Å². The van der Waals surface area contributed by atoms with E-state index >= 15 is 0 Å². The van der Waals surface area contributed by atoms with Gasteiger partial charge in [0.05, 0.1) is 19.4 Å². The maximum atomic E-state index is 5.20. The van der Waals surface area contributed by atoms with Gasteiger partial charge in [0.1, 0.15) is 5.75 Å². The van der Waals surface area contributed by atoms with E-state index in [2.05, 4.69) is 35.2 Å². The second kappa shape index (κ2) is 7.72. The van der Waals surface area contributed by atoms with Gasteiger partial charge in [-0.25, -0.2) is 4.98 Å². The van der Waals surface area contributed by atoms with Gasteiger partial charge < -0.3 is 19.4 Å². The molecule has 0 atom stereocenters. The molecule has 0 unspecified atom stereocenters. The summed E-state index contributed by atoms with van der Waals surface area (Å²) < 4.78 is 12.7. The van der Waals surface area contributed by atoms with Gasteiger partial charge in [-0.1, -0.05) is 0 Å². The zero-order valence-electron chi connectivity index (χ0n) is 15.0. The first-order valence-electron chi connectivity index (χ1n) is 8.15. The van der Waals surface area contributed by atoms with Crippen LogP contribution in [0.3, 0.4) is 0 Å². The normalized spacial score (nSPS) is 10.9. The third kappa shape index (κ3) is 3.86. The summed E-state index contributed by atoms with van der Waals surface area (Å²) in [5, 5.41) is 6.31. The summed E-state index contributed by atoms with van der Waals surface area (Å²) in [6.45, 7) is 5.81. The number of rotatable bonds is 7.